The van der Waals surface area contributed by atoms with Gasteiger partial charge < -0.3 is 15.4 Å². The average molecular weight is 416 g/mol. The third kappa shape index (κ3) is 5.85. The Labute approximate surface area is 173 Å². The molecule has 0 saturated heterocycles. The normalized spacial score (nSPS) is 11.2. The number of alkyl halides is 3. The van der Waals surface area contributed by atoms with Gasteiger partial charge in [-0.25, -0.2) is 4.98 Å². The molecule has 0 atom stereocenters. The van der Waals surface area contributed by atoms with E-state index in [1.807, 2.05) is 6.07 Å². The molecule has 0 amide bonds. The molecule has 30 heavy (non-hydrogen) atoms. The Balaban J connectivity index is 1.87. The third-order valence-electron chi connectivity index (χ3n) is 4.27. The van der Waals surface area contributed by atoms with Crippen molar-refractivity contribution in [2.45, 2.75) is 32.4 Å². The summed E-state index contributed by atoms with van der Waals surface area (Å²) in [5, 5.41) is 5.69. The van der Waals surface area contributed by atoms with Crippen LogP contribution in [0.4, 0.5) is 36.3 Å². The zero-order chi connectivity index (χ0) is 21.4. The Morgan fingerprint density at radius 2 is 1.67 bits per heavy atom. The maximum Gasteiger partial charge on any atom is 0.421 e. The molecule has 3 aromatic rings. The fraction of sp³-hybridized carbons (Fsp3) is 0.273. The van der Waals surface area contributed by atoms with Gasteiger partial charge in [-0.1, -0.05) is 50.1 Å². The molecule has 8 heteroatoms. The number of aromatic nitrogens is 2. The lowest BCUT2D eigenvalue weighted by Gasteiger charge is -2.17. The lowest BCUT2D eigenvalue weighted by Crippen LogP contribution is -2.13. The molecule has 1 aromatic heterocycles. The molecule has 0 aliphatic carbocycles. The highest BCUT2D eigenvalue weighted by atomic mass is 19.4. The van der Waals surface area contributed by atoms with E-state index in [1.54, 1.807) is 48.5 Å². The van der Waals surface area contributed by atoms with Crippen molar-refractivity contribution in [2.75, 3.05) is 17.2 Å². The minimum atomic E-state index is -4.61. The minimum Gasteiger partial charge on any atom is -0.491 e. The Bertz CT molecular complexity index is 949. The van der Waals surface area contributed by atoms with Crippen LogP contribution >= 0.6 is 0 Å². The second-order valence-electron chi connectivity index (χ2n) is 6.62. The zero-order valence-corrected chi connectivity index (χ0v) is 16.5. The maximum absolute atomic E-state index is 13.5. The molecule has 0 aliphatic heterocycles. The van der Waals surface area contributed by atoms with Crippen LogP contribution in [0.25, 0.3) is 0 Å². The molecule has 0 unspecified atom stereocenters. The van der Waals surface area contributed by atoms with Crippen LogP contribution < -0.4 is 15.4 Å². The van der Waals surface area contributed by atoms with Gasteiger partial charge in [-0.2, -0.15) is 18.2 Å². The van der Waals surface area contributed by atoms with Crippen molar-refractivity contribution >= 4 is 23.1 Å². The van der Waals surface area contributed by atoms with Crippen molar-refractivity contribution < 1.29 is 17.9 Å². The maximum atomic E-state index is 13.5. The van der Waals surface area contributed by atoms with Crippen LogP contribution in [0, 0.1) is 0 Å². The SMILES string of the molecule is CCCCCOc1ccccc1Nc1nc(Nc2ccccc2)ncc1C(F)(F)F. The smallest absolute Gasteiger partial charge is 0.421 e. The summed E-state index contributed by atoms with van der Waals surface area (Å²) in [4.78, 5) is 7.89. The van der Waals surface area contributed by atoms with E-state index in [2.05, 4.69) is 27.5 Å². The van der Waals surface area contributed by atoms with Gasteiger partial charge in [-0.05, 0) is 30.7 Å². The number of unbranched alkanes of at least 4 members (excludes halogenated alkanes) is 2. The van der Waals surface area contributed by atoms with Crippen molar-refractivity contribution in [3.05, 3.63) is 66.4 Å². The second-order valence-corrected chi connectivity index (χ2v) is 6.62. The van der Waals surface area contributed by atoms with Gasteiger partial charge in [0.25, 0.3) is 0 Å². The van der Waals surface area contributed by atoms with E-state index >= 15 is 0 Å². The van der Waals surface area contributed by atoms with Crippen molar-refractivity contribution in [3.8, 4) is 5.75 Å². The van der Waals surface area contributed by atoms with E-state index in [-0.39, 0.29) is 11.8 Å². The molecule has 2 aromatic carbocycles. The molecular formula is C22H23F3N4O. The second kappa shape index (κ2) is 9.96. The molecule has 0 saturated carbocycles. The van der Waals surface area contributed by atoms with E-state index in [9.17, 15) is 13.2 Å². The Hall–Kier alpha value is -3.29. The van der Waals surface area contributed by atoms with Gasteiger partial charge in [-0.3, -0.25) is 0 Å². The van der Waals surface area contributed by atoms with Crippen LogP contribution in [0.2, 0.25) is 0 Å². The van der Waals surface area contributed by atoms with E-state index in [0.29, 0.717) is 23.7 Å². The van der Waals surface area contributed by atoms with Crippen LogP contribution in [0.15, 0.2) is 60.8 Å². The quantitative estimate of drug-likeness (QED) is 0.387. The van der Waals surface area contributed by atoms with Crippen molar-refractivity contribution in [1.82, 2.24) is 9.97 Å². The number of ether oxygens (including phenoxy) is 1. The third-order valence-corrected chi connectivity index (χ3v) is 4.27. The molecule has 0 bridgehead atoms. The number of benzene rings is 2. The molecule has 2 N–H and O–H groups in total. The molecule has 0 radical (unpaired) electrons. The first-order valence-electron chi connectivity index (χ1n) is 9.72. The predicted molar refractivity (Wildman–Crippen MR) is 112 cm³/mol. The summed E-state index contributed by atoms with van der Waals surface area (Å²) in [7, 11) is 0. The molecular weight excluding hydrogens is 393 g/mol. The Morgan fingerprint density at radius 3 is 2.40 bits per heavy atom. The largest absolute Gasteiger partial charge is 0.491 e. The van der Waals surface area contributed by atoms with Gasteiger partial charge in [0, 0.05) is 11.9 Å². The molecule has 0 aliphatic rings. The number of nitrogens with one attached hydrogen (secondary N) is 2. The van der Waals surface area contributed by atoms with Crippen molar-refractivity contribution in [2.24, 2.45) is 0 Å². The molecule has 0 spiro atoms. The lowest BCUT2D eigenvalue weighted by atomic mass is 10.2. The van der Waals surface area contributed by atoms with Gasteiger partial charge in [0.15, 0.2) is 0 Å². The number of para-hydroxylation sites is 3. The van der Waals surface area contributed by atoms with Gasteiger partial charge in [0.2, 0.25) is 5.95 Å². The van der Waals surface area contributed by atoms with E-state index in [1.165, 1.54) is 0 Å². The van der Waals surface area contributed by atoms with Crippen molar-refractivity contribution in [3.63, 3.8) is 0 Å². The molecule has 1 heterocycles. The van der Waals surface area contributed by atoms with Crippen LogP contribution in [0.3, 0.4) is 0 Å². The number of hydrogen-bond donors (Lipinski definition) is 2. The Kier molecular flexibility index (Phi) is 7.11. The van der Waals surface area contributed by atoms with Crippen LogP contribution in [-0.4, -0.2) is 16.6 Å². The summed E-state index contributed by atoms with van der Waals surface area (Å²) in [6, 6.07) is 15.8. The number of halogens is 3. The van der Waals surface area contributed by atoms with Crippen molar-refractivity contribution in [1.29, 1.82) is 0 Å². The predicted octanol–water partition coefficient (Wildman–Crippen LogP) is 6.55. The summed E-state index contributed by atoms with van der Waals surface area (Å²) >= 11 is 0. The van der Waals surface area contributed by atoms with Gasteiger partial charge >= 0.3 is 6.18 Å². The zero-order valence-electron chi connectivity index (χ0n) is 16.5. The van der Waals surface area contributed by atoms with E-state index in [4.69, 9.17) is 4.74 Å². The van der Waals surface area contributed by atoms with Gasteiger partial charge in [-0.15, -0.1) is 0 Å². The number of nitrogens with zero attached hydrogens (tertiary/aromatic N) is 2. The molecule has 158 valence electrons. The highest BCUT2D eigenvalue weighted by Crippen LogP contribution is 2.37. The molecule has 3 rings (SSSR count). The average Bonchev–Trinajstić information content (AvgIpc) is 2.72. The standard InChI is InChI=1S/C22H23F3N4O/c1-2-3-9-14-30-19-13-8-7-12-18(19)28-20-17(22(23,24)25)15-26-21(29-20)27-16-10-5-4-6-11-16/h4-8,10-13,15H,2-3,9,14H2,1H3,(H2,26,27,28,29). The molecule has 0 fully saturated rings. The number of rotatable bonds is 9. The lowest BCUT2D eigenvalue weighted by molar-refractivity contribution is -0.137. The van der Waals surface area contributed by atoms with Gasteiger partial charge in [0.1, 0.15) is 17.1 Å². The first kappa shape index (κ1) is 21.4. The van der Waals surface area contributed by atoms with Crippen LogP contribution in [0.1, 0.15) is 31.7 Å². The Morgan fingerprint density at radius 1 is 0.933 bits per heavy atom. The summed E-state index contributed by atoms with van der Waals surface area (Å²) in [5.74, 6) is 0.177. The fourth-order valence-corrected chi connectivity index (χ4v) is 2.75. The van der Waals surface area contributed by atoms with Crippen LogP contribution in [0.5, 0.6) is 5.75 Å². The summed E-state index contributed by atoms with van der Waals surface area (Å²) in [6.45, 7) is 2.58. The first-order chi connectivity index (χ1) is 14.5. The summed E-state index contributed by atoms with van der Waals surface area (Å²) in [6.07, 6.45) is -0.891. The number of hydrogen-bond acceptors (Lipinski definition) is 5. The van der Waals surface area contributed by atoms with Crippen LogP contribution in [-0.2, 0) is 6.18 Å². The monoisotopic (exact) mass is 416 g/mol. The van der Waals surface area contributed by atoms with Gasteiger partial charge in [0.05, 0.1) is 12.3 Å². The number of anilines is 4. The minimum absolute atomic E-state index is 0.0537. The first-order valence-corrected chi connectivity index (χ1v) is 9.72. The highest BCUT2D eigenvalue weighted by Gasteiger charge is 2.35. The summed E-state index contributed by atoms with van der Waals surface area (Å²) < 4.78 is 46.3. The molecule has 5 nitrogen and oxygen atoms in total. The highest BCUT2D eigenvalue weighted by molar-refractivity contribution is 5.67. The fourth-order valence-electron chi connectivity index (χ4n) is 2.75. The summed E-state index contributed by atoms with van der Waals surface area (Å²) in [5.41, 5.74) is 0.119. The topological polar surface area (TPSA) is 59.1 Å². The van der Waals surface area contributed by atoms with E-state index < -0.39 is 11.7 Å². The van der Waals surface area contributed by atoms with E-state index in [0.717, 1.165) is 25.5 Å².